The second-order valence-electron chi connectivity index (χ2n) is 7.48. The first-order valence-electron chi connectivity index (χ1n) is 10.0. The molecule has 2 aromatic carbocycles. The molecule has 0 bridgehead atoms. The Morgan fingerprint density at radius 2 is 1.66 bits per heavy atom. The lowest BCUT2D eigenvalue weighted by Crippen LogP contribution is -2.19. The zero-order chi connectivity index (χ0) is 20.3. The van der Waals surface area contributed by atoms with Crippen LogP contribution < -0.4 is 10.6 Å². The highest BCUT2D eigenvalue weighted by Crippen LogP contribution is 2.32. The van der Waals surface area contributed by atoms with E-state index in [0.717, 1.165) is 41.1 Å². The van der Waals surface area contributed by atoms with E-state index in [0.29, 0.717) is 5.95 Å². The topological polar surface area (TPSA) is 78.5 Å². The summed E-state index contributed by atoms with van der Waals surface area (Å²) in [6.45, 7) is 6.80. The molecular formula is C23H26N6. The average Bonchev–Trinajstić information content (AvgIpc) is 3.27. The van der Waals surface area contributed by atoms with Gasteiger partial charge in [-0.1, -0.05) is 45.0 Å². The lowest BCUT2D eigenvalue weighted by atomic mass is 9.78. The van der Waals surface area contributed by atoms with Gasteiger partial charge < -0.3 is 10.6 Å². The van der Waals surface area contributed by atoms with Crippen molar-refractivity contribution in [1.29, 1.82) is 0 Å². The van der Waals surface area contributed by atoms with Crippen LogP contribution >= 0.6 is 0 Å². The number of anilines is 4. The molecule has 4 aromatic rings. The molecular weight excluding hydrogens is 360 g/mol. The molecule has 2 heterocycles. The summed E-state index contributed by atoms with van der Waals surface area (Å²) >= 11 is 0. The molecule has 0 aliphatic rings. The zero-order valence-corrected chi connectivity index (χ0v) is 17.0. The zero-order valence-electron chi connectivity index (χ0n) is 17.0. The van der Waals surface area contributed by atoms with Crippen LogP contribution in [0.4, 0.5) is 23.3 Å². The molecule has 0 unspecified atom stereocenters. The minimum Gasteiger partial charge on any atom is -0.325 e. The molecule has 0 aliphatic carbocycles. The van der Waals surface area contributed by atoms with Gasteiger partial charge in [0, 0.05) is 17.1 Å². The monoisotopic (exact) mass is 386 g/mol. The van der Waals surface area contributed by atoms with E-state index in [2.05, 4.69) is 70.9 Å². The quantitative estimate of drug-likeness (QED) is 0.367. The first-order chi connectivity index (χ1) is 14.1. The van der Waals surface area contributed by atoms with Crippen LogP contribution in [0.5, 0.6) is 0 Å². The van der Waals surface area contributed by atoms with Gasteiger partial charge in [-0.25, -0.2) is 4.98 Å². The van der Waals surface area contributed by atoms with Gasteiger partial charge in [0.1, 0.15) is 11.6 Å². The van der Waals surface area contributed by atoms with Crippen LogP contribution in [-0.4, -0.2) is 20.2 Å². The average molecular weight is 387 g/mol. The highest BCUT2D eigenvalue weighted by molar-refractivity contribution is 5.91. The SMILES string of the molecule is CCC(C)(CC)c1ccc(Nc2nc(Nc3ccn[nH]3)c3ccccc3n2)cc1. The number of aromatic amines is 1. The Morgan fingerprint density at radius 3 is 2.34 bits per heavy atom. The van der Waals surface area contributed by atoms with Gasteiger partial charge >= 0.3 is 0 Å². The van der Waals surface area contributed by atoms with Crippen molar-refractivity contribution < 1.29 is 0 Å². The van der Waals surface area contributed by atoms with Crippen LogP contribution in [-0.2, 0) is 5.41 Å². The minimum absolute atomic E-state index is 0.207. The predicted octanol–water partition coefficient (Wildman–Crippen LogP) is 5.92. The molecule has 3 N–H and O–H groups in total. The van der Waals surface area contributed by atoms with E-state index < -0.39 is 0 Å². The molecule has 29 heavy (non-hydrogen) atoms. The first-order valence-corrected chi connectivity index (χ1v) is 10.0. The summed E-state index contributed by atoms with van der Waals surface area (Å²) in [7, 11) is 0. The third-order valence-electron chi connectivity index (χ3n) is 5.76. The molecule has 2 aromatic heterocycles. The molecule has 0 atom stereocenters. The second-order valence-corrected chi connectivity index (χ2v) is 7.48. The van der Waals surface area contributed by atoms with Crippen molar-refractivity contribution in [3.63, 3.8) is 0 Å². The summed E-state index contributed by atoms with van der Waals surface area (Å²) in [6, 6.07) is 18.4. The van der Waals surface area contributed by atoms with Crippen LogP contribution in [0.2, 0.25) is 0 Å². The van der Waals surface area contributed by atoms with Crippen LogP contribution in [0, 0.1) is 0 Å². The predicted molar refractivity (Wildman–Crippen MR) is 119 cm³/mol. The Hall–Kier alpha value is -3.41. The van der Waals surface area contributed by atoms with Crippen molar-refractivity contribution in [2.45, 2.75) is 39.0 Å². The van der Waals surface area contributed by atoms with Crippen LogP contribution in [0.25, 0.3) is 10.9 Å². The number of rotatable bonds is 7. The maximum absolute atomic E-state index is 4.69. The normalized spacial score (nSPS) is 11.6. The van der Waals surface area contributed by atoms with Gasteiger partial charge in [0.05, 0.1) is 11.7 Å². The molecule has 0 spiro atoms. The van der Waals surface area contributed by atoms with Crippen molar-refractivity contribution in [2.24, 2.45) is 0 Å². The van der Waals surface area contributed by atoms with Crippen LogP contribution in [0.3, 0.4) is 0 Å². The van der Waals surface area contributed by atoms with Crippen LogP contribution in [0.1, 0.15) is 39.2 Å². The summed E-state index contributed by atoms with van der Waals surface area (Å²) in [4.78, 5) is 9.37. The minimum atomic E-state index is 0.207. The Morgan fingerprint density at radius 1 is 0.897 bits per heavy atom. The van der Waals surface area contributed by atoms with Crippen LogP contribution in [0.15, 0.2) is 60.8 Å². The van der Waals surface area contributed by atoms with Gasteiger partial charge in [0.15, 0.2) is 0 Å². The van der Waals surface area contributed by atoms with Crippen molar-refractivity contribution in [3.8, 4) is 0 Å². The molecule has 6 nitrogen and oxygen atoms in total. The van der Waals surface area contributed by atoms with Gasteiger partial charge in [0.25, 0.3) is 0 Å². The number of nitrogens with one attached hydrogen (secondary N) is 3. The number of para-hydroxylation sites is 1. The summed E-state index contributed by atoms with van der Waals surface area (Å²) in [6.07, 6.45) is 3.94. The fraction of sp³-hybridized carbons (Fsp3) is 0.261. The maximum atomic E-state index is 4.69. The molecule has 0 radical (unpaired) electrons. The van der Waals surface area contributed by atoms with E-state index in [1.807, 2.05) is 30.3 Å². The van der Waals surface area contributed by atoms with Crippen molar-refractivity contribution >= 4 is 34.2 Å². The van der Waals surface area contributed by atoms with Crippen molar-refractivity contribution in [3.05, 3.63) is 66.4 Å². The van der Waals surface area contributed by atoms with E-state index in [-0.39, 0.29) is 5.41 Å². The number of nitrogens with zero attached hydrogens (tertiary/aromatic N) is 3. The van der Waals surface area contributed by atoms with Crippen molar-refractivity contribution in [1.82, 2.24) is 20.2 Å². The number of benzene rings is 2. The van der Waals surface area contributed by atoms with Gasteiger partial charge in [-0.2, -0.15) is 10.1 Å². The van der Waals surface area contributed by atoms with Gasteiger partial charge in [-0.15, -0.1) is 0 Å². The number of hydrogen-bond acceptors (Lipinski definition) is 5. The second kappa shape index (κ2) is 7.91. The van der Waals surface area contributed by atoms with E-state index in [1.165, 1.54) is 5.56 Å². The number of aromatic nitrogens is 4. The number of fused-ring (bicyclic) bond motifs is 1. The highest BCUT2D eigenvalue weighted by Gasteiger charge is 2.21. The summed E-state index contributed by atoms with van der Waals surface area (Å²) in [5.74, 6) is 2.05. The fourth-order valence-electron chi connectivity index (χ4n) is 3.42. The smallest absolute Gasteiger partial charge is 0.229 e. The molecule has 4 rings (SSSR count). The molecule has 0 aliphatic heterocycles. The lowest BCUT2D eigenvalue weighted by Gasteiger charge is -2.27. The molecule has 0 saturated carbocycles. The Labute approximate surface area is 170 Å². The van der Waals surface area contributed by atoms with E-state index >= 15 is 0 Å². The molecule has 6 heteroatoms. The molecule has 0 fully saturated rings. The summed E-state index contributed by atoms with van der Waals surface area (Å²) < 4.78 is 0. The lowest BCUT2D eigenvalue weighted by molar-refractivity contribution is 0.439. The Balaban J connectivity index is 1.64. The van der Waals surface area contributed by atoms with Gasteiger partial charge in [0.2, 0.25) is 5.95 Å². The van der Waals surface area contributed by atoms with E-state index in [1.54, 1.807) is 6.20 Å². The largest absolute Gasteiger partial charge is 0.325 e. The molecule has 0 saturated heterocycles. The third kappa shape index (κ3) is 3.92. The standard InChI is InChI=1S/C23H26N6/c1-4-23(3,5-2)16-10-12-17(13-11-16)25-22-26-19-9-7-6-8-18(19)21(28-22)27-20-14-15-24-29-20/h6-15H,4-5H2,1-3H3,(H3,24,25,26,27,28,29). The van der Waals surface area contributed by atoms with E-state index in [9.17, 15) is 0 Å². The Bertz CT molecular complexity index is 1080. The summed E-state index contributed by atoms with van der Waals surface area (Å²) in [5.41, 5.74) is 3.40. The van der Waals surface area contributed by atoms with Gasteiger partial charge in [-0.3, -0.25) is 5.10 Å². The van der Waals surface area contributed by atoms with E-state index in [4.69, 9.17) is 4.98 Å². The molecule has 0 amide bonds. The fourth-order valence-corrected chi connectivity index (χ4v) is 3.42. The maximum Gasteiger partial charge on any atom is 0.229 e. The molecule has 148 valence electrons. The summed E-state index contributed by atoms with van der Waals surface area (Å²) in [5, 5.41) is 14.5. The van der Waals surface area contributed by atoms with Gasteiger partial charge in [-0.05, 0) is 48.1 Å². The highest BCUT2D eigenvalue weighted by atomic mass is 15.2. The first kappa shape index (κ1) is 18.9. The number of H-pyrrole nitrogens is 1. The Kier molecular flexibility index (Phi) is 5.16. The third-order valence-corrected chi connectivity index (χ3v) is 5.76. The number of hydrogen-bond donors (Lipinski definition) is 3. The van der Waals surface area contributed by atoms with Crippen molar-refractivity contribution in [2.75, 3.05) is 10.6 Å².